The molecule has 0 radical (unpaired) electrons. The van der Waals surface area contributed by atoms with Crippen molar-refractivity contribution in [3.63, 3.8) is 0 Å². The summed E-state index contributed by atoms with van der Waals surface area (Å²) in [6.45, 7) is 4.25. The van der Waals surface area contributed by atoms with Crippen molar-refractivity contribution in [2.75, 3.05) is 0 Å². The number of hydrogen-bond acceptors (Lipinski definition) is 7. The molecular weight excluding hydrogens is 645 g/mol. The van der Waals surface area contributed by atoms with E-state index in [1.54, 1.807) is 60.7 Å². The number of ketones is 2. The topological polar surface area (TPSA) is 108 Å². The molecular formula is C34H28Cl3N7O2. The summed E-state index contributed by atoms with van der Waals surface area (Å²) in [5.74, 6) is 2.08. The largest absolute Gasteiger partial charge is 0.303 e. The Kier molecular flexibility index (Phi) is 10.1. The highest BCUT2D eigenvalue weighted by Crippen LogP contribution is 2.27. The molecule has 0 saturated heterocycles. The van der Waals surface area contributed by atoms with Crippen molar-refractivity contribution in [3.05, 3.63) is 153 Å². The molecule has 0 fully saturated rings. The van der Waals surface area contributed by atoms with Crippen LogP contribution < -0.4 is 5.32 Å². The van der Waals surface area contributed by atoms with E-state index in [1.807, 2.05) is 59.4 Å². The SMILES string of the molecule is Cc1nnc(CNCc2nnc(C)n2-c2ccc(Cl)cc2C(=O)c2ccccc2)n1-c1ccc(Cl)cc1C(=O)c1ccccc1.Cl. The average molecular weight is 673 g/mol. The van der Waals surface area contributed by atoms with Crippen LogP contribution in [0.1, 0.15) is 55.1 Å². The number of carbonyl (C=O) groups excluding carboxylic acids is 2. The Morgan fingerprint density at radius 1 is 0.609 bits per heavy atom. The van der Waals surface area contributed by atoms with Crippen LogP contribution in [-0.2, 0) is 13.1 Å². The van der Waals surface area contributed by atoms with Crippen LogP contribution in [0.5, 0.6) is 0 Å². The number of nitrogens with zero attached hydrogens (tertiary/aromatic N) is 6. The minimum Gasteiger partial charge on any atom is -0.303 e. The number of carbonyl (C=O) groups is 2. The molecule has 0 amide bonds. The molecule has 2 heterocycles. The Balaban J connectivity index is 0.00000417. The van der Waals surface area contributed by atoms with Crippen LogP contribution in [0.3, 0.4) is 0 Å². The van der Waals surface area contributed by atoms with Crippen molar-refractivity contribution in [1.82, 2.24) is 34.8 Å². The molecule has 0 aliphatic heterocycles. The van der Waals surface area contributed by atoms with E-state index in [0.29, 0.717) is 80.1 Å². The maximum Gasteiger partial charge on any atom is 0.195 e. The van der Waals surface area contributed by atoms with E-state index < -0.39 is 0 Å². The van der Waals surface area contributed by atoms with E-state index in [2.05, 4.69) is 25.7 Å². The summed E-state index contributed by atoms with van der Waals surface area (Å²) in [5.41, 5.74) is 3.22. The highest BCUT2D eigenvalue weighted by Gasteiger charge is 2.22. The first kappa shape index (κ1) is 32.7. The molecule has 0 bridgehead atoms. The quantitative estimate of drug-likeness (QED) is 0.157. The van der Waals surface area contributed by atoms with Gasteiger partial charge in [-0.15, -0.1) is 32.8 Å². The molecule has 46 heavy (non-hydrogen) atoms. The highest BCUT2D eigenvalue weighted by atomic mass is 35.5. The average Bonchev–Trinajstić information content (AvgIpc) is 3.62. The third kappa shape index (κ3) is 6.63. The van der Waals surface area contributed by atoms with E-state index >= 15 is 0 Å². The zero-order valence-electron chi connectivity index (χ0n) is 24.8. The molecule has 1 N–H and O–H groups in total. The highest BCUT2D eigenvalue weighted by molar-refractivity contribution is 6.31. The van der Waals surface area contributed by atoms with Crippen LogP contribution >= 0.6 is 35.6 Å². The van der Waals surface area contributed by atoms with Crippen molar-refractivity contribution >= 4 is 47.2 Å². The van der Waals surface area contributed by atoms with E-state index in [9.17, 15) is 9.59 Å². The third-order valence-electron chi connectivity index (χ3n) is 7.31. The van der Waals surface area contributed by atoms with Gasteiger partial charge in [0.2, 0.25) is 0 Å². The van der Waals surface area contributed by atoms with Crippen molar-refractivity contribution in [1.29, 1.82) is 0 Å². The third-order valence-corrected chi connectivity index (χ3v) is 7.78. The summed E-state index contributed by atoms with van der Waals surface area (Å²) in [6.07, 6.45) is 0. The van der Waals surface area contributed by atoms with Gasteiger partial charge in [-0.25, -0.2) is 0 Å². The summed E-state index contributed by atoms with van der Waals surface area (Å²) in [4.78, 5) is 27.0. The Hall–Kier alpha value is -4.67. The molecule has 0 aliphatic rings. The van der Waals surface area contributed by atoms with Gasteiger partial charge in [-0.3, -0.25) is 18.7 Å². The second-order valence-electron chi connectivity index (χ2n) is 10.3. The predicted molar refractivity (Wildman–Crippen MR) is 180 cm³/mol. The van der Waals surface area contributed by atoms with Crippen molar-refractivity contribution in [3.8, 4) is 11.4 Å². The minimum absolute atomic E-state index is 0. The lowest BCUT2D eigenvalue weighted by Gasteiger charge is -2.15. The summed E-state index contributed by atoms with van der Waals surface area (Å²) in [6, 6.07) is 28.5. The number of halogens is 3. The van der Waals surface area contributed by atoms with E-state index in [-0.39, 0.29) is 24.0 Å². The zero-order chi connectivity index (χ0) is 31.5. The number of hydrogen-bond donors (Lipinski definition) is 1. The van der Waals surface area contributed by atoms with Gasteiger partial charge in [-0.1, -0.05) is 83.9 Å². The van der Waals surface area contributed by atoms with Crippen LogP contribution in [0, 0.1) is 13.8 Å². The van der Waals surface area contributed by atoms with Gasteiger partial charge in [0.1, 0.15) is 11.6 Å². The fourth-order valence-corrected chi connectivity index (χ4v) is 5.56. The Morgan fingerprint density at radius 2 is 1.00 bits per heavy atom. The zero-order valence-corrected chi connectivity index (χ0v) is 27.1. The monoisotopic (exact) mass is 671 g/mol. The van der Waals surface area contributed by atoms with Gasteiger partial charge in [0.15, 0.2) is 23.2 Å². The van der Waals surface area contributed by atoms with Gasteiger partial charge in [-0.2, -0.15) is 0 Å². The van der Waals surface area contributed by atoms with Crippen LogP contribution in [0.15, 0.2) is 97.1 Å². The lowest BCUT2D eigenvalue weighted by molar-refractivity contribution is 0.103. The molecule has 0 atom stereocenters. The molecule has 0 saturated carbocycles. The molecule has 2 aromatic heterocycles. The summed E-state index contributed by atoms with van der Waals surface area (Å²) in [5, 5.41) is 21.7. The fraction of sp³-hybridized carbons (Fsp3) is 0.118. The lowest BCUT2D eigenvalue weighted by Crippen LogP contribution is -2.20. The second-order valence-corrected chi connectivity index (χ2v) is 11.2. The van der Waals surface area contributed by atoms with Crippen LogP contribution in [0.25, 0.3) is 11.4 Å². The number of aromatic nitrogens is 6. The van der Waals surface area contributed by atoms with Gasteiger partial charge in [0, 0.05) is 32.3 Å². The van der Waals surface area contributed by atoms with Gasteiger partial charge >= 0.3 is 0 Å². The van der Waals surface area contributed by atoms with Gasteiger partial charge in [0.05, 0.1) is 24.5 Å². The Labute approximate surface area is 281 Å². The lowest BCUT2D eigenvalue weighted by atomic mass is 10.0. The van der Waals surface area contributed by atoms with Gasteiger partial charge < -0.3 is 5.32 Å². The van der Waals surface area contributed by atoms with Crippen LogP contribution in [0.2, 0.25) is 10.0 Å². The number of nitrogens with one attached hydrogen (secondary N) is 1. The molecule has 9 nitrogen and oxygen atoms in total. The normalized spacial score (nSPS) is 10.9. The number of benzene rings is 4. The maximum atomic E-state index is 13.5. The number of aryl methyl sites for hydroxylation is 2. The Bertz CT molecular complexity index is 1880. The molecule has 4 aromatic carbocycles. The first-order valence-corrected chi connectivity index (χ1v) is 14.9. The Morgan fingerprint density at radius 3 is 1.39 bits per heavy atom. The summed E-state index contributed by atoms with van der Waals surface area (Å²) in [7, 11) is 0. The van der Waals surface area contributed by atoms with Crippen molar-refractivity contribution in [2.24, 2.45) is 0 Å². The van der Waals surface area contributed by atoms with Gasteiger partial charge in [0.25, 0.3) is 0 Å². The molecule has 0 aliphatic carbocycles. The summed E-state index contributed by atoms with van der Waals surface area (Å²) < 4.78 is 3.68. The molecule has 6 aromatic rings. The molecule has 6 rings (SSSR count). The standard InChI is InChI=1S/C34H27Cl2N7O2.ClH/c1-21-38-40-31(42(21)29-15-13-25(35)17-27(29)33(44)23-9-5-3-6-10-23)19-37-20-32-41-39-22(2)43(32)30-16-14-26(36)18-28(30)34(45)24-11-7-4-8-12-24;/h3-18,37H,19-20H2,1-2H3;1H. The first-order chi connectivity index (χ1) is 21.8. The van der Waals surface area contributed by atoms with Crippen LogP contribution in [-0.4, -0.2) is 41.1 Å². The molecule has 0 unspecified atom stereocenters. The fourth-order valence-electron chi connectivity index (χ4n) is 5.21. The number of rotatable bonds is 10. The van der Waals surface area contributed by atoms with Crippen LogP contribution in [0.4, 0.5) is 0 Å². The maximum absolute atomic E-state index is 13.5. The molecule has 12 heteroatoms. The van der Waals surface area contributed by atoms with E-state index in [0.717, 1.165) is 0 Å². The first-order valence-electron chi connectivity index (χ1n) is 14.1. The summed E-state index contributed by atoms with van der Waals surface area (Å²) >= 11 is 12.7. The van der Waals surface area contributed by atoms with E-state index in [4.69, 9.17) is 23.2 Å². The second kappa shape index (κ2) is 14.2. The van der Waals surface area contributed by atoms with Crippen molar-refractivity contribution in [2.45, 2.75) is 26.9 Å². The molecule has 232 valence electrons. The van der Waals surface area contributed by atoms with Crippen molar-refractivity contribution < 1.29 is 9.59 Å². The van der Waals surface area contributed by atoms with Gasteiger partial charge in [-0.05, 0) is 50.2 Å². The molecule has 0 spiro atoms. The smallest absolute Gasteiger partial charge is 0.195 e. The van der Waals surface area contributed by atoms with E-state index in [1.165, 1.54) is 0 Å². The minimum atomic E-state index is -0.160. The predicted octanol–water partition coefficient (Wildman–Crippen LogP) is 6.95.